The lowest BCUT2D eigenvalue weighted by molar-refractivity contribution is 0.516. The first-order valence-corrected chi connectivity index (χ1v) is 6.57. The van der Waals surface area contributed by atoms with Gasteiger partial charge in [-0.2, -0.15) is 0 Å². The molecule has 2 aromatic carbocycles. The Morgan fingerprint density at radius 2 is 1.74 bits per heavy atom. The Bertz CT molecular complexity index is 615. The molecule has 0 saturated heterocycles. The minimum Gasteiger partial charge on any atom is -0.0896 e. The van der Waals surface area contributed by atoms with Gasteiger partial charge in [-0.15, -0.1) is 0 Å². The van der Waals surface area contributed by atoms with E-state index in [1.807, 2.05) is 18.2 Å². The molecule has 0 spiro atoms. The van der Waals surface area contributed by atoms with Crippen molar-refractivity contribution in [2.75, 3.05) is 0 Å². The average Bonchev–Trinajstić information content (AvgIpc) is 2.48. The van der Waals surface area contributed by atoms with Crippen molar-refractivity contribution in [1.29, 1.82) is 0 Å². The maximum Gasteiger partial charge on any atom is 0.0486 e. The standard InChI is InChI=1S/C16H15N3/c17-19-18-15-11-10-12-6-4-5-9-14(12)16(15)13-7-2-1-3-8-13/h1-9,15-16H,10-11H2/t15-,16-/m1/s1. The summed E-state index contributed by atoms with van der Waals surface area (Å²) in [5.74, 6) is 0.182. The van der Waals surface area contributed by atoms with E-state index in [0.29, 0.717) is 0 Å². The number of azide groups is 1. The Balaban J connectivity index is 2.12. The van der Waals surface area contributed by atoms with Crippen molar-refractivity contribution in [3.8, 4) is 0 Å². The highest BCUT2D eigenvalue weighted by Gasteiger charge is 2.29. The Morgan fingerprint density at radius 1 is 1.00 bits per heavy atom. The van der Waals surface area contributed by atoms with E-state index < -0.39 is 0 Å². The normalized spacial score (nSPS) is 21.3. The number of rotatable bonds is 2. The SMILES string of the molecule is [N-]=[N+]=N[C@@H]1CCc2ccccc2[C@H]1c1ccccc1. The molecule has 0 unspecified atom stereocenters. The van der Waals surface area contributed by atoms with Gasteiger partial charge in [-0.25, -0.2) is 0 Å². The number of benzene rings is 2. The summed E-state index contributed by atoms with van der Waals surface area (Å²) in [6.07, 6.45) is 1.91. The molecule has 19 heavy (non-hydrogen) atoms. The quantitative estimate of drug-likeness (QED) is 0.429. The summed E-state index contributed by atoms with van der Waals surface area (Å²) in [5.41, 5.74) is 12.7. The predicted molar refractivity (Wildman–Crippen MR) is 76.0 cm³/mol. The van der Waals surface area contributed by atoms with Crippen LogP contribution in [0.1, 0.15) is 29.0 Å². The zero-order valence-electron chi connectivity index (χ0n) is 10.6. The van der Waals surface area contributed by atoms with Gasteiger partial charge >= 0.3 is 0 Å². The van der Waals surface area contributed by atoms with Gasteiger partial charge in [0.2, 0.25) is 0 Å². The fraction of sp³-hybridized carbons (Fsp3) is 0.250. The van der Waals surface area contributed by atoms with Gasteiger partial charge in [-0.1, -0.05) is 59.7 Å². The molecule has 0 aliphatic heterocycles. The highest BCUT2D eigenvalue weighted by Crippen LogP contribution is 2.38. The molecule has 0 radical (unpaired) electrons. The second-order valence-corrected chi connectivity index (χ2v) is 4.90. The first kappa shape index (κ1) is 11.8. The van der Waals surface area contributed by atoms with Crippen molar-refractivity contribution < 1.29 is 0 Å². The number of hydrogen-bond acceptors (Lipinski definition) is 1. The fourth-order valence-electron chi connectivity index (χ4n) is 3.00. The highest BCUT2D eigenvalue weighted by atomic mass is 15.1. The van der Waals surface area contributed by atoms with E-state index in [9.17, 15) is 0 Å². The summed E-state index contributed by atoms with van der Waals surface area (Å²) in [6.45, 7) is 0. The Labute approximate surface area is 112 Å². The van der Waals surface area contributed by atoms with Crippen LogP contribution in [-0.4, -0.2) is 6.04 Å². The lowest BCUT2D eigenvalue weighted by Gasteiger charge is -2.31. The third kappa shape index (κ3) is 2.20. The fourth-order valence-corrected chi connectivity index (χ4v) is 3.00. The van der Waals surface area contributed by atoms with Gasteiger partial charge in [-0.3, -0.25) is 0 Å². The molecule has 0 bridgehead atoms. The van der Waals surface area contributed by atoms with Crippen molar-refractivity contribution in [3.63, 3.8) is 0 Å². The maximum atomic E-state index is 8.79. The summed E-state index contributed by atoms with van der Waals surface area (Å²) < 4.78 is 0. The van der Waals surface area contributed by atoms with Crippen LogP contribution in [-0.2, 0) is 6.42 Å². The van der Waals surface area contributed by atoms with Crippen LogP contribution in [0.2, 0.25) is 0 Å². The molecule has 3 nitrogen and oxygen atoms in total. The summed E-state index contributed by atoms with van der Waals surface area (Å²) in [6, 6.07) is 18.8. The molecule has 0 fully saturated rings. The predicted octanol–water partition coefficient (Wildman–Crippen LogP) is 4.44. The number of aryl methyl sites for hydroxylation is 1. The topological polar surface area (TPSA) is 48.8 Å². The smallest absolute Gasteiger partial charge is 0.0486 e. The maximum absolute atomic E-state index is 8.79. The van der Waals surface area contributed by atoms with Crippen LogP contribution in [0, 0.1) is 0 Å². The van der Waals surface area contributed by atoms with Crippen molar-refractivity contribution in [1.82, 2.24) is 0 Å². The Morgan fingerprint density at radius 3 is 2.53 bits per heavy atom. The van der Waals surface area contributed by atoms with Gasteiger partial charge in [0.05, 0.1) is 0 Å². The van der Waals surface area contributed by atoms with Crippen LogP contribution in [0.5, 0.6) is 0 Å². The van der Waals surface area contributed by atoms with Gasteiger partial charge in [-0.05, 0) is 35.1 Å². The van der Waals surface area contributed by atoms with Crippen molar-refractivity contribution in [2.24, 2.45) is 5.11 Å². The first-order valence-electron chi connectivity index (χ1n) is 6.57. The lowest BCUT2D eigenvalue weighted by atomic mass is 9.76. The van der Waals surface area contributed by atoms with Crippen LogP contribution in [0.15, 0.2) is 59.7 Å². The molecule has 0 heterocycles. The zero-order valence-corrected chi connectivity index (χ0v) is 10.6. The second-order valence-electron chi connectivity index (χ2n) is 4.90. The van der Waals surface area contributed by atoms with Crippen LogP contribution in [0.4, 0.5) is 0 Å². The molecule has 3 heteroatoms. The van der Waals surface area contributed by atoms with Crippen LogP contribution < -0.4 is 0 Å². The summed E-state index contributed by atoms with van der Waals surface area (Å²) in [7, 11) is 0. The van der Waals surface area contributed by atoms with Gasteiger partial charge in [0, 0.05) is 16.9 Å². The zero-order chi connectivity index (χ0) is 13.1. The lowest BCUT2D eigenvalue weighted by Crippen LogP contribution is -2.24. The van der Waals surface area contributed by atoms with E-state index in [0.717, 1.165) is 12.8 Å². The van der Waals surface area contributed by atoms with E-state index >= 15 is 0 Å². The molecule has 0 aromatic heterocycles. The van der Waals surface area contributed by atoms with E-state index in [-0.39, 0.29) is 12.0 Å². The molecule has 94 valence electrons. The molecule has 1 aliphatic carbocycles. The third-order valence-corrected chi connectivity index (χ3v) is 3.84. The first-order chi connectivity index (χ1) is 9.40. The van der Waals surface area contributed by atoms with Gasteiger partial charge in [0.15, 0.2) is 0 Å². The summed E-state index contributed by atoms with van der Waals surface area (Å²) >= 11 is 0. The molecule has 2 atom stereocenters. The van der Waals surface area contributed by atoms with Crippen LogP contribution in [0.25, 0.3) is 10.4 Å². The summed E-state index contributed by atoms with van der Waals surface area (Å²) in [5, 5.41) is 4.02. The largest absolute Gasteiger partial charge is 0.0896 e. The van der Waals surface area contributed by atoms with E-state index in [1.165, 1.54) is 16.7 Å². The molecular weight excluding hydrogens is 234 g/mol. The van der Waals surface area contributed by atoms with Gasteiger partial charge < -0.3 is 0 Å². The number of nitrogens with zero attached hydrogens (tertiary/aromatic N) is 3. The Hall–Kier alpha value is -2.25. The average molecular weight is 249 g/mol. The molecule has 1 aliphatic rings. The second kappa shape index (κ2) is 5.17. The molecule has 0 amide bonds. The van der Waals surface area contributed by atoms with E-state index in [4.69, 9.17) is 5.53 Å². The molecule has 0 saturated carbocycles. The van der Waals surface area contributed by atoms with Crippen molar-refractivity contribution in [2.45, 2.75) is 24.8 Å². The molecule has 2 aromatic rings. The Kier molecular flexibility index (Phi) is 3.21. The van der Waals surface area contributed by atoms with E-state index in [2.05, 4.69) is 46.4 Å². The molecular formula is C16H15N3. The minimum atomic E-state index is 0.0160. The number of fused-ring (bicyclic) bond motifs is 1. The van der Waals surface area contributed by atoms with Crippen LogP contribution >= 0.6 is 0 Å². The summed E-state index contributed by atoms with van der Waals surface area (Å²) in [4.78, 5) is 3.03. The van der Waals surface area contributed by atoms with Gasteiger partial charge in [0.25, 0.3) is 0 Å². The van der Waals surface area contributed by atoms with Crippen molar-refractivity contribution in [3.05, 3.63) is 81.7 Å². The highest BCUT2D eigenvalue weighted by molar-refractivity contribution is 5.41. The van der Waals surface area contributed by atoms with Crippen molar-refractivity contribution >= 4 is 0 Å². The monoisotopic (exact) mass is 249 g/mol. The van der Waals surface area contributed by atoms with Gasteiger partial charge in [0.1, 0.15) is 0 Å². The van der Waals surface area contributed by atoms with E-state index in [1.54, 1.807) is 0 Å². The number of hydrogen-bond donors (Lipinski definition) is 0. The third-order valence-electron chi connectivity index (χ3n) is 3.84. The van der Waals surface area contributed by atoms with Crippen LogP contribution in [0.3, 0.4) is 0 Å². The molecule has 0 N–H and O–H groups in total. The molecule has 3 rings (SSSR count). The minimum absolute atomic E-state index is 0.0160.